The molecule has 2 N–H and O–H groups in total. The largest absolute Gasteiger partial charge is 0.573 e. The zero-order valence-electron chi connectivity index (χ0n) is 13.4. The van der Waals surface area contributed by atoms with Crippen molar-refractivity contribution in [3.05, 3.63) is 64.7 Å². The number of hydrogen-bond donors (Lipinski definition) is 2. The van der Waals surface area contributed by atoms with Gasteiger partial charge in [-0.25, -0.2) is 0 Å². The summed E-state index contributed by atoms with van der Waals surface area (Å²) in [5.41, 5.74) is 2.38. The Balaban J connectivity index is 1.72. The number of alkyl halides is 3. The Kier molecular flexibility index (Phi) is 4.03. The van der Waals surface area contributed by atoms with Gasteiger partial charge in [0.1, 0.15) is 11.5 Å². The summed E-state index contributed by atoms with van der Waals surface area (Å²) in [6.45, 7) is 0. The molecule has 0 saturated heterocycles. The highest BCUT2D eigenvalue weighted by atomic mass is 35.5. The quantitative estimate of drug-likeness (QED) is 0.649. The standard InChI is InChI=1S/C19H15ClF3NO2/c20-16-8-10(25)4-6-14(16)18-13-3-1-2-12(13)15-9-11(26-19(21,22)23)5-7-17(15)24-18/h1-2,4-9,12-13,18,24-25H,3H2/t12-,13-,18-/m1/s1. The highest BCUT2D eigenvalue weighted by Crippen LogP contribution is 2.51. The van der Waals surface area contributed by atoms with Crippen LogP contribution in [0.25, 0.3) is 0 Å². The molecule has 0 unspecified atom stereocenters. The molecule has 1 aliphatic heterocycles. The fraction of sp³-hybridized carbons (Fsp3) is 0.263. The number of phenols is 1. The van der Waals surface area contributed by atoms with Crippen molar-refractivity contribution < 1.29 is 23.0 Å². The zero-order chi connectivity index (χ0) is 18.5. The number of benzene rings is 2. The van der Waals surface area contributed by atoms with Crippen LogP contribution in [0.2, 0.25) is 5.02 Å². The SMILES string of the molecule is Oc1ccc([C@@H]2Nc3ccc(OC(F)(F)F)cc3[C@@H]3C=CC[C@H]32)c(Cl)c1. The van der Waals surface area contributed by atoms with Gasteiger partial charge < -0.3 is 15.2 Å². The molecule has 0 bridgehead atoms. The van der Waals surface area contributed by atoms with E-state index in [0.717, 1.165) is 23.2 Å². The van der Waals surface area contributed by atoms with Gasteiger partial charge >= 0.3 is 6.36 Å². The van der Waals surface area contributed by atoms with Gasteiger partial charge in [0.15, 0.2) is 0 Å². The van der Waals surface area contributed by atoms with Crippen molar-refractivity contribution >= 4 is 17.3 Å². The molecule has 0 saturated carbocycles. The average molecular weight is 382 g/mol. The smallest absolute Gasteiger partial charge is 0.508 e. The summed E-state index contributed by atoms with van der Waals surface area (Å²) in [7, 11) is 0. The molecule has 136 valence electrons. The Morgan fingerprint density at radius 1 is 1.12 bits per heavy atom. The molecule has 2 aromatic carbocycles. The summed E-state index contributed by atoms with van der Waals surface area (Å²) in [5.74, 6) is -0.0493. The molecule has 3 atom stereocenters. The van der Waals surface area contributed by atoms with Crippen molar-refractivity contribution in [1.29, 1.82) is 0 Å². The Bertz CT molecular complexity index is 882. The first-order chi connectivity index (χ1) is 12.3. The first-order valence-electron chi connectivity index (χ1n) is 8.13. The number of phenolic OH excluding ortho intramolecular Hbond substituents is 1. The molecule has 2 aliphatic rings. The van der Waals surface area contributed by atoms with Crippen molar-refractivity contribution in [2.45, 2.75) is 24.7 Å². The lowest BCUT2D eigenvalue weighted by molar-refractivity contribution is -0.274. The molecule has 1 heterocycles. The van der Waals surface area contributed by atoms with Gasteiger partial charge in [-0.05, 0) is 53.8 Å². The van der Waals surface area contributed by atoms with Crippen LogP contribution in [-0.2, 0) is 0 Å². The maximum atomic E-state index is 12.5. The molecule has 7 heteroatoms. The molecule has 26 heavy (non-hydrogen) atoms. The van der Waals surface area contributed by atoms with E-state index >= 15 is 0 Å². The van der Waals surface area contributed by atoms with Crippen LogP contribution >= 0.6 is 11.6 Å². The van der Waals surface area contributed by atoms with Gasteiger partial charge in [0.25, 0.3) is 0 Å². The maximum absolute atomic E-state index is 12.5. The third-order valence-corrected chi connectivity index (χ3v) is 5.21. The monoisotopic (exact) mass is 381 g/mol. The second kappa shape index (κ2) is 6.13. The van der Waals surface area contributed by atoms with Crippen LogP contribution in [0, 0.1) is 5.92 Å². The molecule has 1 aliphatic carbocycles. The van der Waals surface area contributed by atoms with Crippen LogP contribution in [0.4, 0.5) is 18.9 Å². The third kappa shape index (κ3) is 3.09. The van der Waals surface area contributed by atoms with Gasteiger partial charge in [0, 0.05) is 16.6 Å². The van der Waals surface area contributed by atoms with Crippen LogP contribution in [0.3, 0.4) is 0 Å². The minimum atomic E-state index is -4.72. The topological polar surface area (TPSA) is 41.5 Å². The summed E-state index contributed by atoms with van der Waals surface area (Å²) in [4.78, 5) is 0. The molecule has 0 radical (unpaired) electrons. The van der Waals surface area contributed by atoms with Gasteiger partial charge in [-0.1, -0.05) is 29.8 Å². The Hall–Kier alpha value is -2.34. The lowest BCUT2D eigenvalue weighted by atomic mass is 9.77. The molecule has 0 aromatic heterocycles. The number of fused-ring (bicyclic) bond motifs is 3. The van der Waals surface area contributed by atoms with Crippen LogP contribution in [-0.4, -0.2) is 11.5 Å². The van der Waals surface area contributed by atoms with E-state index in [1.165, 1.54) is 18.2 Å². The Morgan fingerprint density at radius 2 is 1.92 bits per heavy atom. The van der Waals surface area contributed by atoms with Crippen molar-refractivity contribution in [2.75, 3.05) is 5.32 Å². The first kappa shape index (κ1) is 17.1. The van der Waals surface area contributed by atoms with Gasteiger partial charge in [-0.15, -0.1) is 13.2 Å². The van der Waals surface area contributed by atoms with E-state index in [9.17, 15) is 18.3 Å². The van der Waals surface area contributed by atoms with Gasteiger partial charge in [0.05, 0.1) is 6.04 Å². The van der Waals surface area contributed by atoms with E-state index in [4.69, 9.17) is 11.6 Å². The summed E-state index contributed by atoms with van der Waals surface area (Å²) in [6, 6.07) is 9.08. The number of nitrogens with one attached hydrogen (secondary N) is 1. The lowest BCUT2D eigenvalue weighted by Gasteiger charge is -2.38. The minimum absolute atomic E-state index is 0.0297. The van der Waals surface area contributed by atoms with E-state index in [1.54, 1.807) is 18.2 Å². The van der Waals surface area contributed by atoms with Crippen molar-refractivity contribution in [3.8, 4) is 11.5 Å². The van der Waals surface area contributed by atoms with Crippen molar-refractivity contribution in [1.82, 2.24) is 0 Å². The van der Waals surface area contributed by atoms with E-state index in [-0.39, 0.29) is 29.4 Å². The van der Waals surface area contributed by atoms with Crippen molar-refractivity contribution in [3.63, 3.8) is 0 Å². The van der Waals surface area contributed by atoms with Gasteiger partial charge in [0.2, 0.25) is 0 Å². The van der Waals surface area contributed by atoms with E-state index in [1.807, 2.05) is 12.2 Å². The van der Waals surface area contributed by atoms with Crippen LogP contribution in [0.5, 0.6) is 11.5 Å². The van der Waals surface area contributed by atoms with E-state index in [0.29, 0.717) is 5.02 Å². The Morgan fingerprint density at radius 3 is 2.65 bits per heavy atom. The third-order valence-electron chi connectivity index (χ3n) is 4.89. The summed E-state index contributed by atoms with van der Waals surface area (Å²) < 4.78 is 41.6. The molecular weight excluding hydrogens is 367 g/mol. The number of halogens is 4. The highest BCUT2D eigenvalue weighted by Gasteiger charge is 2.39. The summed E-state index contributed by atoms with van der Waals surface area (Å²) in [5, 5.41) is 13.4. The molecule has 0 fully saturated rings. The minimum Gasteiger partial charge on any atom is -0.508 e. The summed E-state index contributed by atoms with van der Waals surface area (Å²) in [6.07, 6.45) is 0.112. The molecule has 0 amide bonds. The number of rotatable bonds is 2. The molecule has 2 aromatic rings. The fourth-order valence-electron chi connectivity index (χ4n) is 3.85. The second-order valence-corrected chi connectivity index (χ2v) is 6.89. The maximum Gasteiger partial charge on any atom is 0.573 e. The lowest BCUT2D eigenvalue weighted by Crippen LogP contribution is -2.29. The molecule has 3 nitrogen and oxygen atoms in total. The number of hydrogen-bond acceptors (Lipinski definition) is 3. The van der Waals surface area contributed by atoms with E-state index < -0.39 is 6.36 Å². The van der Waals surface area contributed by atoms with E-state index in [2.05, 4.69) is 10.1 Å². The van der Waals surface area contributed by atoms with Gasteiger partial charge in [-0.2, -0.15) is 0 Å². The molecular formula is C19H15ClF3NO2. The Labute approximate surface area is 153 Å². The van der Waals surface area contributed by atoms with Crippen LogP contribution in [0.15, 0.2) is 48.6 Å². The predicted molar refractivity (Wildman–Crippen MR) is 92.6 cm³/mol. The van der Waals surface area contributed by atoms with Gasteiger partial charge in [-0.3, -0.25) is 0 Å². The highest BCUT2D eigenvalue weighted by molar-refractivity contribution is 6.31. The number of aromatic hydroxyl groups is 1. The van der Waals surface area contributed by atoms with Crippen LogP contribution in [0.1, 0.15) is 29.5 Å². The second-order valence-electron chi connectivity index (χ2n) is 6.48. The molecule has 4 rings (SSSR count). The zero-order valence-corrected chi connectivity index (χ0v) is 14.2. The van der Waals surface area contributed by atoms with Crippen molar-refractivity contribution in [2.24, 2.45) is 5.92 Å². The van der Waals surface area contributed by atoms with Crippen LogP contribution < -0.4 is 10.1 Å². The number of allylic oxidation sites excluding steroid dienone is 2. The fourth-order valence-corrected chi connectivity index (χ4v) is 4.14. The average Bonchev–Trinajstić information content (AvgIpc) is 3.03. The summed E-state index contributed by atoms with van der Waals surface area (Å²) >= 11 is 6.31. The number of ether oxygens (including phenoxy) is 1. The predicted octanol–water partition coefficient (Wildman–Crippen LogP) is 5.77. The molecule has 0 spiro atoms. The normalized spacial score (nSPS) is 23.9. The number of anilines is 1. The first-order valence-corrected chi connectivity index (χ1v) is 8.51.